The molecule has 17 heavy (non-hydrogen) atoms. The summed E-state index contributed by atoms with van der Waals surface area (Å²) in [4.78, 5) is 11.6. The van der Waals surface area contributed by atoms with E-state index in [0.717, 1.165) is 12.8 Å². The summed E-state index contributed by atoms with van der Waals surface area (Å²) in [5.74, 6) is 0.790. The van der Waals surface area contributed by atoms with Gasteiger partial charge in [-0.2, -0.15) is 0 Å². The molecule has 1 rings (SSSR count). The summed E-state index contributed by atoms with van der Waals surface area (Å²) in [7, 11) is 0. The molecule has 0 saturated heterocycles. The largest absolute Gasteiger partial charge is 0.396 e. The fraction of sp³-hybridized carbons (Fsp3) is 0.923. The summed E-state index contributed by atoms with van der Waals surface area (Å²) < 4.78 is 0. The van der Waals surface area contributed by atoms with Crippen LogP contribution in [0.15, 0.2) is 0 Å². The van der Waals surface area contributed by atoms with Gasteiger partial charge < -0.3 is 15.7 Å². The Labute approximate surface area is 104 Å². The molecule has 4 nitrogen and oxygen atoms in total. The molecule has 0 aromatic rings. The third-order valence-corrected chi connectivity index (χ3v) is 3.31. The number of carbonyl (C=O) groups excluding carboxylic acids is 1. The van der Waals surface area contributed by atoms with Crippen molar-refractivity contribution in [2.24, 2.45) is 11.8 Å². The van der Waals surface area contributed by atoms with E-state index in [1.807, 2.05) is 20.8 Å². The second-order valence-corrected chi connectivity index (χ2v) is 6.07. The first-order valence-corrected chi connectivity index (χ1v) is 6.59. The van der Waals surface area contributed by atoms with E-state index < -0.39 is 0 Å². The van der Waals surface area contributed by atoms with Gasteiger partial charge in [-0.25, -0.2) is 4.79 Å². The molecule has 0 aromatic heterocycles. The third kappa shape index (κ3) is 5.39. The fourth-order valence-electron chi connectivity index (χ4n) is 2.40. The maximum atomic E-state index is 11.6. The Kier molecular flexibility index (Phi) is 5.25. The van der Waals surface area contributed by atoms with Crippen LogP contribution in [-0.4, -0.2) is 29.8 Å². The van der Waals surface area contributed by atoms with Crippen LogP contribution in [0.2, 0.25) is 0 Å². The van der Waals surface area contributed by atoms with Crippen LogP contribution in [-0.2, 0) is 0 Å². The van der Waals surface area contributed by atoms with Crippen molar-refractivity contribution in [1.82, 2.24) is 10.6 Å². The van der Waals surface area contributed by atoms with Crippen LogP contribution in [0.4, 0.5) is 4.79 Å². The first-order chi connectivity index (χ1) is 7.92. The molecule has 1 aliphatic rings. The van der Waals surface area contributed by atoms with Gasteiger partial charge in [-0.15, -0.1) is 0 Å². The van der Waals surface area contributed by atoms with Gasteiger partial charge in [0.15, 0.2) is 0 Å². The Morgan fingerprint density at radius 2 is 1.82 bits per heavy atom. The number of aliphatic hydroxyl groups is 1. The van der Waals surface area contributed by atoms with Crippen molar-refractivity contribution in [3.8, 4) is 0 Å². The maximum Gasteiger partial charge on any atom is 0.315 e. The van der Waals surface area contributed by atoms with Crippen LogP contribution in [0.5, 0.6) is 0 Å². The molecule has 2 amide bonds. The topological polar surface area (TPSA) is 61.4 Å². The maximum absolute atomic E-state index is 11.6. The zero-order valence-corrected chi connectivity index (χ0v) is 11.3. The number of hydrogen-bond donors (Lipinski definition) is 3. The molecule has 0 spiro atoms. The zero-order chi connectivity index (χ0) is 12.9. The van der Waals surface area contributed by atoms with Crippen molar-refractivity contribution in [3.63, 3.8) is 0 Å². The molecule has 2 unspecified atom stereocenters. The number of hydrogen-bond acceptors (Lipinski definition) is 2. The van der Waals surface area contributed by atoms with Crippen molar-refractivity contribution >= 4 is 6.03 Å². The first-order valence-electron chi connectivity index (χ1n) is 6.59. The van der Waals surface area contributed by atoms with Crippen LogP contribution < -0.4 is 10.6 Å². The minimum absolute atomic E-state index is 0.111. The van der Waals surface area contributed by atoms with Gasteiger partial charge in [-0.1, -0.05) is 12.8 Å². The molecule has 0 aliphatic heterocycles. The summed E-state index contributed by atoms with van der Waals surface area (Å²) in [5, 5.41) is 15.1. The Morgan fingerprint density at radius 1 is 1.24 bits per heavy atom. The minimum atomic E-state index is -0.201. The Bertz CT molecular complexity index is 248. The Balaban J connectivity index is 2.31. The summed E-state index contributed by atoms with van der Waals surface area (Å²) >= 11 is 0. The Morgan fingerprint density at radius 3 is 2.35 bits per heavy atom. The van der Waals surface area contributed by atoms with Gasteiger partial charge in [-0.05, 0) is 45.4 Å². The molecule has 3 N–H and O–H groups in total. The molecular formula is C13H26N2O2. The van der Waals surface area contributed by atoms with E-state index in [4.69, 9.17) is 0 Å². The van der Waals surface area contributed by atoms with E-state index in [1.54, 1.807) is 0 Å². The predicted octanol–water partition coefficient (Wildman–Crippen LogP) is 1.88. The normalized spacial score (nSPS) is 25.4. The van der Waals surface area contributed by atoms with Gasteiger partial charge in [0.05, 0.1) is 0 Å². The Hall–Kier alpha value is -0.770. The number of carbonyl (C=O) groups is 1. The van der Waals surface area contributed by atoms with Crippen molar-refractivity contribution in [3.05, 3.63) is 0 Å². The average Bonchev–Trinajstić information content (AvgIpc) is 2.24. The quantitative estimate of drug-likeness (QED) is 0.707. The highest BCUT2D eigenvalue weighted by Crippen LogP contribution is 2.28. The second kappa shape index (κ2) is 6.24. The summed E-state index contributed by atoms with van der Waals surface area (Å²) in [5.41, 5.74) is -0.201. The van der Waals surface area contributed by atoms with Crippen LogP contribution in [0, 0.1) is 11.8 Å². The molecule has 0 heterocycles. The lowest BCUT2D eigenvalue weighted by Gasteiger charge is -2.30. The molecule has 4 heteroatoms. The summed E-state index contributed by atoms with van der Waals surface area (Å²) in [6.07, 6.45) is 4.62. The van der Waals surface area contributed by atoms with Crippen LogP contribution in [0.25, 0.3) is 0 Å². The van der Waals surface area contributed by atoms with Gasteiger partial charge >= 0.3 is 6.03 Å². The highest BCUT2D eigenvalue weighted by molar-refractivity contribution is 5.74. The molecule has 1 aliphatic carbocycles. The number of urea groups is 1. The minimum Gasteiger partial charge on any atom is -0.396 e. The van der Waals surface area contributed by atoms with Crippen molar-refractivity contribution in [2.45, 2.75) is 52.0 Å². The lowest BCUT2D eigenvalue weighted by Crippen LogP contribution is -2.48. The molecule has 1 saturated carbocycles. The monoisotopic (exact) mass is 242 g/mol. The molecule has 0 aromatic carbocycles. The number of amides is 2. The van der Waals surface area contributed by atoms with Gasteiger partial charge in [-0.3, -0.25) is 0 Å². The van der Waals surface area contributed by atoms with E-state index in [-0.39, 0.29) is 18.2 Å². The number of rotatable bonds is 3. The van der Waals surface area contributed by atoms with Crippen LogP contribution in [0.1, 0.15) is 46.5 Å². The summed E-state index contributed by atoms with van der Waals surface area (Å²) in [6, 6.07) is -0.111. The third-order valence-electron chi connectivity index (χ3n) is 3.31. The van der Waals surface area contributed by atoms with E-state index in [1.165, 1.54) is 12.8 Å². The highest BCUT2D eigenvalue weighted by Gasteiger charge is 2.25. The van der Waals surface area contributed by atoms with Gasteiger partial charge in [0.1, 0.15) is 0 Å². The van der Waals surface area contributed by atoms with E-state index in [2.05, 4.69) is 10.6 Å². The van der Waals surface area contributed by atoms with E-state index in [0.29, 0.717) is 18.4 Å². The van der Waals surface area contributed by atoms with Crippen LogP contribution >= 0.6 is 0 Å². The second-order valence-electron chi connectivity index (χ2n) is 6.07. The molecule has 100 valence electrons. The average molecular weight is 242 g/mol. The molecule has 1 fully saturated rings. The summed E-state index contributed by atoms with van der Waals surface area (Å²) in [6.45, 7) is 6.80. The van der Waals surface area contributed by atoms with Crippen molar-refractivity contribution in [2.75, 3.05) is 13.2 Å². The lowest BCUT2D eigenvalue weighted by atomic mass is 9.80. The highest BCUT2D eigenvalue weighted by atomic mass is 16.3. The van der Waals surface area contributed by atoms with E-state index >= 15 is 0 Å². The predicted molar refractivity (Wildman–Crippen MR) is 68.8 cm³/mol. The molecular weight excluding hydrogens is 216 g/mol. The smallest absolute Gasteiger partial charge is 0.315 e. The van der Waals surface area contributed by atoms with E-state index in [9.17, 15) is 9.90 Å². The zero-order valence-electron chi connectivity index (χ0n) is 11.3. The lowest BCUT2D eigenvalue weighted by molar-refractivity contribution is 0.133. The van der Waals surface area contributed by atoms with Gasteiger partial charge in [0.25, 0.3) is 0 Å². The number of nitrogens with one attached hydrogen (secondary N) is 2. The molecule has 2 atom stereocenters. The SMILES string of the molecule is CC(C)(C)NC(=O)NCC1CCCCC1CO. The molecule has 0 bridgehead atoms. The van der Waals surface area contributed by atoms with Gasteiger partial charge in [0.2, 0.25) is 0 Å². The van der Waals surface area contributed by atoms with Crippen LogP contribution in [0.3, 0.4) is 0 Å². The van der Waals surface area contributed by atoms with Crippen molar-refractivity contribution in [1.29, 1.82) is 0 Å². The standard InChI is InChI=1S/C13H26N2O2/c1-13(2,3)15-12(17)14-8-10-6-4-5-7-11(10)9-16/h10-11,16H,4-9H2,1-3H3,(H2,14,15,17). The fourth-order valence-corrected chi connectivity index (χ4v) is 2.40. The first kappa shape index (κ1) is 14.3. The van der Waals surface area contributed by atoms with Crippen molar-refractivity contribution < 1.29 is 9.90 Å². The molecule has 0 radical (unpaired) electrons. The number of aliphatic hydroxyl groups excluding tert-OH is 1. The van der Waals surface area contributed by atoms with Gasteiger partial charge in [0, 0.05) is 18.7 Å².